The van der Waals surface area contributed by atoms with Gasteiger partial charge in [-0.05, 0) is 86.3 Å². The van der Waals surface area contributed by atoms with E-state index < -0.39 is 0 Å². The number of hydrogen-bond donors (Lipinski definition) is 2. The molecule has 2 heterocycles. The highest BCUT2D eigenvalue weighted by Crippen LogP contribution is 2.44. The van der Waals surface area contributed by atoms with E-state index in [1.807, 2.05) is 31.2 Å². The number of thiazole rings is 1. The standard InChI is InChI=1S/C31H39N3O4S/c1-20-5-10-29(38-18-25-9-6-22(14-21(25)2)30(37)33(3)11-4-12-35)26(13-20)28-19-39-31(32-28)34-15-23-7-8-24(16-34)27(23)17-36/h5-6,9-10,13-14,19,23-24,27,35-36H,4,7-8,11-12,15-18H2,1-3H3/t23-,24+,27?. The Morgan fingerprint density at radius 1 is 1.13 bits per heavy atom. The van der Waals surface area contributed by atoms with E-state index in [1.165, 1.54) is 12.8 Å². The lowest BCUT2D eigenvalue weighted by molar-refractivity contribution is 0.0786. The van der Waals surface area contributed by atoms with Gasteiger partial charge in [0.2, 0.25) is 0 Å². The number of carbonyl (C=O) groups is 1. The first-order chi connectivity index (χ1) is 18.9. The van der Waals surface area contributed by atoms with E-state index >= 15 is 0 Å². The summed E-state index contributed by atoms with van der Waals surface area (Å²) in [6.45, 7) is 7.31. The molecule has 1 amide bonds. The Hall–Kier alpha value is -2.94. The van der Waals surface area contributed by atoms with E-state index in [9.17, 15) is 9.90 Å². The molecule has 1 aliphatic carbocycles. The number of aromatic nitrogens is 1. The van der Waals surface area contributed by atoms with Gasteiger partial charge in [-0.2, -0.15) is 0 Å². The number of nitrogens with zero attached hydrogens (tertiary/aromatic N) is 3. The van der Waals surface area contributed by atoms with Crippen LogP contribution < -0.4 is 9.64 Å². The van der Waals surface area contributed by atoms with Crippen LogP contribution >= 0.6 is 11.3 Å². The third-order valence-electron chi connectivity index (χ3n) is 8.38. The first-order valence-corrected chi connectivity index (χ1v) is 14.8. The van der Waals surface area contributed by atoms with E-state index in [2.05, 4.69) is 29.3 Å². The van der Waals surface area contributed by atoms with Crippen LogP contribution in [0.3, 0.4) is 0 Å². The van der Waals surface area contributed by atoms with Crippen molar-refractivity contribution < 1.29 is 19.7 Å². The van der Waals surface area contributed by atoms with Gasteiger partial charge in [0.05, 0.1) is 5.69 Å². The third kappa shape index (κ3) is 5.98. The molecule has 2 bridgehead atoms. The Morgan fingerprint density at radius 2 is 1.90 bits per heavy atom. The van der Waals surface area contributed by atoms with Crippen molar-refractivity contribution in [1.82, 2.24) is 9.88 Å². The van der Waals surface area contributed by atoms with E-state index in [1.54, 1.807) is 23.3 Å². The number of benzene rings is 2. The largest absolute Gasteiger partial charge is 0.488 e. The van der Waals surface area contributed by atoms with Gasteiger partial charge >= 0.3 is 0 Å². The van der Waals surface area contributed by atoms with Crippen LogP contribution in [0.1, 0.15) is 46.3 Å². The second kappa shape index (κ2) is 12.1. The zero-order valence-corrected chi connectivity index (χ0v) is 23.9. The van der Waals surface area contributed by atoms with Gasteiger partial charge in [0.25, 0.3) is 5.91 Å². The maximum absolute atomic E-state index is 12.7. The Bertz CT molecular complexity index is 1290. The maximum Gasteiger partial charge on any atom is 0.253 e. The smallest absolute Gasteiger partial charge is 0.253 e. The summed E-state index contributed by atoms with van der Waals surface area (Å²) in [6, 6.07) is 11.9. The summed E-state index contributed by atoms with van der Waals surface area (Å²) in [5.74, 6) is 2.31. The predicted octanol–water partition coefficient (Wildman–Crippen LogP) is 4.92. The predicted molar refractivity (Wildman–Crippen MR) is 155 cm³/mol. The van der Waals surface area contributed by atoms with Gasteiger partial charge < -0.3 is 24.7 Å². The summed E-state index contributed by atoms with van der Waals surface area (Å²) in [6.07, 6.45) is 2.97. The summed E-state index contributed by atoms with van der Waals surface area (Å²) in [5, 5.41) is 22.0. The maximum atomic E-state index is 12.7. The highest BCUT2D eigenvalue weighted by atomic mass is 32.1. The molecule has 2 N–H and O–H groups in total. The van der Waals surface area contributed by atoms with Crippen LogP contribution in [0, 0.1) is 31.6 Å². The molecule has 8 heteroatoms. The first kappa shape index (κ1) is 27.6. The fourth-order valence-electron chi connectivity index (χ4n) is 6.07. The summed E-state index contributed by atoms with van der Waals surface area (Å²) < 4.78 is 6.34. The van der Waals surface area contributed by atoms with Crippen molar-refractivity contribution in [2.24, 2.45) is 17.8 Å². The number of ether oxygens (including phenoxy) is 1. The van der Waals surface area contributed by atoms with Crippen molar-refractivity contribution in [3.63, 3.8) is 0 Å². The van der Waals surface area contributed by atoms with Crippen molar-refractivity contribution >= 4 is 22.4 Å². The van der Waals surface area contributed by atoms with Gasteiger partial charge in [-0.3, -0.25) is 4.79 Å². The van der Waals surface area contributed by atoms with E-state index in [-0.39, 0.29) is 12.5 Å². The van der Waals surface area contributed by atoms with Crippen LogP contribution in [0.5, 0.6) is 5.75 Å². The molecule has 2 aromatic carbocycles. The fourth-order valence-corrected chi connectivity index (χ4v) is 6.91. The molecule has 3 aromatic rings. The molecule has 7 nitrogen and oxygen atoms in total. The second-order valence-electron chi connectivity index (χ2n) is 11.1. The Labute approximate surface area is 235 Å². The average molecular weight is 550 g/mol. The fraction of sp³-hybridized carbons (Fsp3) is 0.484. The summed E-state index contributed by atoms with van der Waals surface area (Å²) in [7, 11) is 1.76. The number of carbonyl (C=O) groups excluding carboxylic acids is 1. The summed E-state index contributed by atoms with van der Waals surface area (Å²) >= 11 is 1.68. The number of fused-ring (bicyclic) bond motifs is 2. The molecule has 2 fully saturated rings. The molecule has 1 saturated carbocycles. The molecule has 0 radical (unpaired) electrons. The molecule has 39 heavy (non-hydrogen) atoms. The minimum Gasteiger partial charge on any atom is -0.488 e. The highest BCUT2D eigenvalue weighted by Gasteiger charge is 2.42. The van der Waals surface area contributed by atoms with Crippen LogP contribution in [-0.4, -0.2) is 65.9 Å². The first-order valence-electron chi connectivity index (χ1n) is 13.9. The molecule has 0 spiro atoms. The number of rotatable bonds is 10. The number of aliphatic hydroxyl groups excluding tert-OH is 2. The van der Waals surface area contributed by atoms with Crippen molar-refractivity contribution in [2.75, 3.05) is 44.8 Å². The molecule has 1 unspecified atom stereocenters. The number of aliphatic hydroxyl groups is 2. The van der Waals surface area contributed by atoms with Gasteiger partial charge in [0.15, 0.2) is 5.13 Å². The molecule has 2 aliphatic rings. The zero-order valence-electron chi connectivity index (χ0n) is 23.1. The van der Waals surface area contributed by atoms with Gasteiger partial charge in [0.1, 0.15) is 12.4 Å². The van der Waals surface area contributed by atoms with Crippen LogP contribution in [-0.2, 0) is 6.61 Å². The summed E-state index contributed by atoms with van der Waals surface area (Å²) in [5.41, 5.74) is 5.73. The second-order valence-corrected chi connectivity index (χ2v) is 11.9. The molecule has 1 aromatic heterocycles. The normalized spacial score (nSPS) is 20.3. The molecule has 208 valence electrons. The molecule has 1 aliphatic heterocycles. The van der Waals surface area contributed by atoms with Crippen LogP contribution in [0.25, 0.3) is 11.3 Å². The average Bonchev–Trinajstić information content (AvgIpc) is 3.52. The Morgan fingerprint density at radius 3 is 2.59 bits per heavy atom. The minimum absolute atomic E-state index is 0.0484. The SMILES string of the molecule is Cc1ccc(OCc2ccc(C(=O)N(C)CCCO)cc2C)c(-c2csc(N3C[C@H]4CC[C@@H](C3)C4CO)n2)c1. The monoisotopic (exact) mass is 549 g/mol. The van der Waals surface area contributed by atoms with Gasteiger partial charge in [-0.25, -0.2) is 4.98 Å². The minimum atomic E-state index is -0.0484. The van der Waals surface area contributed by atoms with Crippen LogP contribution in [0.2, 0.25) is 0 Å². The highest BCUT2D eigenvalue weighted by molar-refractivity contribution is 7.14. The number of piperidine rings is 1. The number of amides is 1. The van der Waals surface area contributed by atoms with Crippen molar-refractivity contribution in [1.29, 1.82) is 0 Å². The zero-order chi connectivity index (χ0) is 27.5. The third-order valence-corrected chi connectivity index (χ3v) is 9.29. The molecular formula is C31H39N3O4S. The van der Waals surface area contributed by atoms with E-state index in [4.69, 9.17) is 14.8 Å². The number of aryl methyl sites for hydroxylation is 2. The molecule has 3 atom stereocenters. The Kier molecular flexibility index (Phi) is 8.54. The lowest BCUT2D eigenvalue weighted by Gasteiger charge is -2.37. The Balaban J connectivity index is 1.29. The lowest BCUT2D eigenvalue weighted by atomic mass is 9.86. The van der Waals surface area contributed by atoms with E-state index in [0.29, 0.717) is 49.5 Å². The van der Waals surface area contributed by atoms with Gasteiger partial charge in [-0.15, -0.1) is 11.3 Å². The van der Waals surface area contributed by atoms with E-state index in [0.717, 1.165) is 51.9 Å². The summed E-state index contributed by atoms with van der Waals surface area (Å²) in [4.78, 5) is 21.8. The number of anilines is 1. The van der Waals surface area contributed by atoms with Gasteiger partial charge in [-0.1, -0.05) is 17.7 Å². The lowest BCUT2D eigenvalue weighted by Crippen LogP contribution is -2.43. The number of hydrogen-bond acceptors (Lipinski definition) is 7. The van der Waals surface area contributed by atoms with Gasteiger partial charge in [0, 0.05) is 56.4 Å². The van der Waals surface area contributed by atoms with Crippen molar-refractivity contribution in [2.45, 2.75) is 39.7 Å². The van der Waals surface area contributed by atoms with Crippen LogP contribution in [0.4, 0.5) is 5.13 Å². The topological polar surface area (TPSA) is 86.1 Å². The quantitative estimate of drug-likeness (QED) is 0.374. The molecule has 1 saturated heterocycles. The van der Waals surface area contributed by atoms with Crippen molar-refractivity contribution in [3.8, 4) is 17.0 Å². The molecule has 5 rings (SSSR count). The molecular weight excluding hydrogens is 510 g/mol. The van der Waals surface area contributed by atoms with Crippen molar-refractivity contribution in [3.05, 3.63) is 64.0 Å². The van der Waals surface area contributed by atoms with Crippen LogP contribution in [0.15, 0.2) is 41.8 Å².